The van der Waals surface area contributed by atoms with Crippen LogP contribution in [0.1, 0.15) is 41.8 Å². The molecular weight excluding hydrogens is 446 g/mol. The van der Waals surface area contributed by atoms with Crippen LogP contribution in [0.2, 0.25) is 0 Å². The van der Waals surface area contributed by atoms with Crippen LogP contribution in [0.15, 0.2) is 78.9 Å². The van der Waals surface area contributed by atoms with E-state index >= 15 is 0 Å². The number of hydrogen-bond donors (Lipinski definition) is 1. The Labute approximate surface area is 213 Å². The van der Waals surface area contributed by atoms with E-state index in [0.29, 0.717) is 6.54 Å². The van der Waals surface area contributed by atoms with Crippen molar-refractivity contribution in [1.82, 2.24) is 14.9 Å². The van der Waals surface area contributed by atoms with Gasteiger partial charge in [0.05, 0.1) is 11.0 Å². The molecule has 3 aromatic carbocycles. The number of benzene rings is 3. The Morgan fingerprint density at radius 2 is 1.78 bits per heavy atom. The molecule has 36 heavy (non-hydrogen) atoms. The Morgan fingerprint density at radius 1 is 0.972 bits per heavy atom. The summed E-state index contributed by atoms with van der Waals surface area (Å²) in [5, 5.41) is 2.97. The van der Waals surface area contributed by atoms with Gasteiger partial charge in [-0.05, 0) is 61.6 Å². The molecule has 4 rings (SSSR count). The number of rotatable bonds is 12. The first-order valence-electron chi connectivity index (χ1n) is 12.7. The standard InChI is InChI=1S/C31H35N3O2/c1-24-18-19-25(2)29(22-24)36-23-31(35)32-20-10-4-7-17-30-33-27-15-8-9-16-28(27)34(30)21-11-14-26-12-5-3-6-13-26/h3,5-6,8-9,11-16,18-19,22H,4,7,10,17,20-21,23H2,1-2H3,(H,32,35)/b14-11+. The van der Waals surface area contributed by atoms with E-state index in [9.17, 15) is 4.79 Å². The predicted octanol–water partition coefficient (Wildman–Crippen LogP) is 6.27. The zero-order valence-corrected chi connectivity index (χ0v) is 21.2. The number of aromatic nitrogens is 2. The molecule has 1 N–H and O–H groups in total. The molecule has 5 nitrogen and oxygen atoms in total. The molecule has 0 unspecified atom stereocenters. The van der Waals surface area contributed by atoms with Crippen LogP contribution in [0.25, 0.3) is 17.1 Å². The van der Waals surface area contributed by atoms with Crippen LogP contribution < -0.4 is 10.1 Å². The summed E-state index contributed by atoms with van der Waals surface area (Å²) in [6.45, 7) is 5.50. The maximum Gasteiger partial charge on any atom is 0.257 e. The number of carbonyl (C=O) groups excluding carboxylic acids is 1. The number of para-hydroxylation sites is 2. The van der Waals surface area contributed by atoms with Crippen molar-refractivity contribution in [2.24, 2.45) is 0 Å². The lowest BCUT2D eigenvalue weighted by molar-refractivity contribution is -0.123. The maximum absolute atomic E-state index is 12.2. The third-order valence-electron chi connectivity index (χ3n) is 6.23. The minimum Gasteiger partial charge on any atom is -0.483 e. The Hall–Kier alpha value is -3.86. The molecule has 5 heteroatoms. The van der Waals surface area contributed by atoms with Gasteiger partial charge < -0.3 is 14.6 Å². The summed E-state index contributed by atoms with van der Waals surface area (Å²) >= 11 is 0. The lowest BCUT2D eigenvalue weighted by atomic mass is 10.1. The van der Waals surface area contributed by atoms with Gasteiger partial charge in [0.1, 0.15) is 11.6 Å². The molecule has 1 aromatic heterocycles. The van der Waals surface area contributed by atoms with Crippen LogP contribution in [0, 0.1) is 13.8 Å². The zero-order chi connectivity index (χ0) is 25.2. The third-order valence-corrected chi connectivity index (χ3v) is 6.23. The summed E-state index contributed by atoms with van der Waals surface area (Å²) in [5.41, 5.74) is 5.56. The normalized spacial score (nSPS) is 11.3. The van der Waals surface area contributed by atoms with E-state index in [0.717, 1.165) is 60.4 Å². The number of imidazole rings is 1. The molecule has 4 aromatic rings. The third kappa shape index (κ3) is 7.08. The number of carbonyl (C=O) groups is 1. The molecule has 0 radical (unpaired) electrons. The molecule has 186 valence electrons. The van der Waals surface area contributed by atoms with E-state index in [1.165, 1.54) is 11.1 Å². The van der Waals surface area contributed by atoms with Gasteiger partial charge in [0.25, 0.3) is 5.91 Å². The fourth-order valence-electron chi connectivity index (χ4n) is 4.25. The second-order valence-electron chi connectivity index (χ2n) is 9.16. The van der Waals surface area contributed by atoms with Crippen LogP contribution in [-0.4, -0.2) is 28.6 Å². The van der Waals surface area contributed by atoms with Crippen LogP contribution in [0.3, 0.4) is 0 Å². The van der Waals surface area contributed by atoms with Crippen molar-refractivity contribution in [1.29, 1.82) is 0 Å². The van der Waals surface area contributed by atoms with E-state index in [1.54, 1.807) is 0 Å². The molecule has 0 aliphatic carbocycles. The number of ether oxygens (including phenoxy) is 1. The van der Waals surface area contributed by atoms with Gasteiger partial charge in [-0.2, -0.15) is 0 Å². The topological polar surface area (TPSA) is 56.1 Å². The predicted molar refractivity (Wildman–Crippen MR) is 147 cm³/mol. The maximum atomic E-state index is 12.2. The number of hydrogen-bond acceptors (Lipinski definition) is 3. The monoisotopic (exact) mass is 481 g/mol. The summed E-state index contributed by atoms with van der Waals surface area (Å²) < 4.78 is 8.00. The van der Waals surface area contributed by atoms with Crippen LogP contribution in [0.5, 0.6) is 5.75 Å². The number of aryl methyl sites for hydroxylation is 3. The highest BCUT2D eigenvalue weighted by molar-refractivity contribution is 5.77. The SMILES string of the molecule is Cc1ccc(C)c(OCC(=O)NCCCCCc2nc3ccccc3n2C/C=C/c2ccccc2)c1. The first-order valence-corrected chi connectivity index (χ1v) is 12.7. The van der Waals surface area contributed by atoms with Gasteiger partial charge in [0, 0.05) is 19.5 Å². The van der Waals surface area contributed by atoms with Gasteiger partial charge in [0.15, 0.2) is 6.61 Å². The zero-order valence-electron chi connectivity index (χ0n) is 21.2. The average molecular weight is 482 g/mol. The molecule has 1 amide bonds. The van der Waals surface area contributed by atoms with Crippen LogP contribution >= 0.6 is 0 Å². The molecule has 1 heterocycles. The van der Waals surface area contributed by atoms with Crippen molar-refractivity contribution in [3.05, 3.63) is 101 Å². The summed E-state index contributed by atoms with van der Waals surface area (Å²) in [4.78, 5) is 17.1. The minimum atomic E-state index is -0.0806. The summed E-state index contributed by atoms with van der Waals surface area (Å²) in [5.74, 6) is 1.80. The van der Waals surface area contributed by atoms with E-state index in [4.69, 9.17) is 9.72 Å². The van der Waals surface area contributed by atoms with Crippen molar-refractivity contribution < 1.29 is 9.53 Å². The van der Waals surface area contributed by atoms with E-state index in [1.807, 2.05) is 44.2 Å². The van der Waals surface area contributed by atoms with E-state index in [2.05, 4.69) is 64.5 Å². The molecule has 0 bridgehead atoms. The quantitative estimate of drug-likeness (QED) is 0.243. The highest BCUT2D eigenvalue weighted by Crippen LogP contribution is 2.19. The van der Waals surface area contributed by atoms with Gasteiger partial charge in [-0.1, -0.05) is 73.2 Å². The molecule has 0 aliphatic rings. The van der Waals surface area contributed by atoms with Gasteiger partial charge in [-0.15, -0.1) is 0 Å². The number of allylic oxidation sites excluding steroid dienone is 1. The fourth-order valence-corrected chi connectivity index (χ4v) is 4.25. The second kappa shape index (κ2) is 12.7. The first kappa shape index (κ1) is 25.2. The smallest absolute Gasteiger partial charge is 0.257 e. The van der Waals surface area contributed by atoms with Crippen molar-refractivity contribution in [2.45, 2.75) is 46.1 Å². The van der Waals surface area contributed by atoms with Gasteiger partial charge in [-0.3, -0.25) is 4.79 Å². The van der Waals surface area contributed by atoms with Gasteiger partial charge in [0.2, 0.25) is 0 Å². The van der Waals surface area contributed by atoms with E-state index in [-0.39, 0.29) is 12.5 Å². The first-order chi connectivity index (χ1) is 17.6. The Morgan fingerprint density at radius 3 is 2.64 bits per heavy atom. The molecule has 0 saturated carbocycles. The number of nitrogens with one attached hydrogen (secondary N) is 1. The largest absolute Gasteiger partial charge is 0.483 e. The summed E-state index contributed by atoms with van der Waals surface area (Å²) in [6, 6.07) is 24.7. The molecule has 0 spiro atoms. The molecule has 0 atom stereocenters. The highest BCUT2D eigenvalue weighted by atomic mass is 16.5. The average Bonchev–Trinajstić information content (AvgIpc) is 3.24. The lowest BCUT2D eigenvalue weighted by Gasteiger charge is -2.10. The minimum absolute atomic E-state index is 0.0464. The Balaban J connectivity index is 1.22. The number of fused-ring (bicyclic) bond motifs is 1. The highest BCUT2D eigenvalue weighted by Gasteiger charge is 2.09. The van der Waals surface area contributed by atoms with Crippen LogP contribution in [-0.2, 0) is 17.8 Å². The molecule has 0 fully saturated rings. The van der Waals surface area contributed by atoms with Crippen molar-refractivity contribution in [3.8, 4) is 5.75 Å². The number of unbranched alkanes of at least 4 members (excludes halogenated alkanes) is 2. The lowest BCUT2D eigenvalue weighted by Crippen LogP contribution is -2.29. The second-order valence-corrected chi connectivity index (χ2v) is 9.16. The van der Waals surface area contributed by atoms with Crippen molar-refractivity contribution in [2.75, 3.05) is 13.2 Å². The molecular formula is C31H35N3O2. The van der Waals surface area contributed by atoms with E-state index < -0.39 is 0 Å². The van der Waals surface area contributed by atoms with Gasteiger partial charge >= 0.3 is 0 Å². The van der Waals surface area contributed by atoms with Crippen molar-refractivity contribution in [3.63, 3.8) is 0 Å². The Bertz CT molecular complexity index is 1310. The fraction of sp³-hybridized carbons (Fsp3) is 0.290. The number of amides is 1. The Kier molecular flexibility index (Phi) is 8.92. The summed E-state index contributed by atoms with van der Waals surface area (Å²) in [6.07, 6.45) is 8.26. The number of nitrogens with zero attached hydrogens (tertiary/aromatic N) is 2. The van der Waals surface area contributed by atoms with Crippen LogP contribution in [0.4, 0.5) is 0 Å². The van der Waals surface area contributed by atoms with Gasteiger partial charge in [-0.25, -0.2) is 4.98 Å². The van der Waals surface area contributed by atoms with Crippen molar-refractivity contribution >= 4 is 23.0 Å². The molecule has 0 aliphatic heterocycles. The molecule has 0 saturated heterocycles. The summed E-state index contributed by atoms with van der Waals surface area (Å²) in [7, 11) is 0.